The van der Waals surface area contributed by atoms with Crippen LogP contribution in [0.15, 0.2) is 72.3 Å². The highest BCUT2D eigenvalue weighted by molar-refractivity contribution is 9.09. The van der Waals surface area contributed by atoms with Gasteiger partial charge in [-0.3, -0.25) is 4.79 Å². The second-order valence-electron chi connectivity index (χ2n) is 9.96. The Bertz CT molecular complexity index is 909. The molecule has 0 bridgehead atoms. The van der Waals surface area contributed by atoms with E-state index in [1.54, 1.807) is 0 Å². The highest BCUT2D eigenvalue weighted by atomic mass is 79.9. The van der Waals surface area contributed by atoms with E-state index in [1.165, 1.54) is 15.9 Å². The van der Waals surface area contributed by atoms with Gasteiger partial charge in [0.15, 0.2) is 5.78 Å². The van der Waals surface area contributed by atoms with Crippen molar-refractivity contribution in [1.82, 2.24) is 0 Å². The lowest BCUT2D eigenvalue weighted by atomic mass is 9.74. The number of halogens is 1. The van der Waals surface area contributed by atoms with Crippen LogP contribution in [0, 0.1) is 5.41 Å². The zero-order chi connectivity index (χ0) is 21.6. The Kier molecular flexibility index (Phi) is 5.71. The third-order valence-corrected chi connectivity index (χ3v) is 13.0. The number of hydrogen-bond donors (Lipinski definition) is 0. The molecule has 0 N–H and O–H groups in total. The maximum absolute atomic E-state index is 12.2. The van der Waals surface area contributed by atoms with Crippen LogP contribution in [0.5, 0.6) is 0 Å². The number of alkyl halides is 1. The van der Waals surface area contributed by atoms with Crippen molar-refractivity contribution in [3.63, 3.8) is 0 Å². The quantitative estimate of drug-likeness (QED) is 0.430. The van der Waals surface area contributed by atoms with E-state index in [-0.39, 0.29) is 27.2 Å². The molecule has 3 atom stereocenters. The Labute approximate surface area is 190 Å². The standard InChI is InChI=1S/C26H31BrO2Si/c1-25(2,3)30(20-11-7-5-8-12-20,21-13-9-6-10-14-21)29-24-18-23(27)22-17-19(28)15-16-26(22,24)4/h5-14,17,23-24H,15-16,18H2,1-4H3/t23-,24+,26+/m1/s1. The van der Waals surface area contributed by atoms with Crippen molar-refractivity contribution in [2.75, 3.05) is 0 Å². The number of carbonyl (C=O) groups excluding carboxylic acids is 1. The lowest BCUT2D eigenvalue weighted by Gasteiger charge is -2.48. The van der Waals surface area contributed by atoms with Crippen molar-refractivity contribution in [3.8, 4) is 0 Å². The molecule has 2 aliphatic carbocycles. The first-order valence-corrected chi connectivity index (χ1v) is 13.7. The molecule has 0 saturated heterocycles. The van der Waals surface area contributed by atoms with Crippen LogP contribution in [0.3, 0.4) is 0 Å². The van der Waals surface area contributed by atoms with Crippen LogP contribution in [-0.2, 0) is 9.22 Å². The molecule has 0 amide bonds. The van der Waals surface area contributed by atoms with Gasteiger partial charge in [0.25, 0.3) is 8.32 Å². The van der Waals surface area contributed by atoms with Crippen LogP contribution in [0.1, 0.15) is 47.0 Å². The summed E-state index contributed by atoms with van der Waals surface area (Å²) in [6, 6.07) is 21.6. The first-order valence-electron chi connectivity index (χ1n) is 10.9. The van der Waals surface area contributed by atoms with Gasteiger partial charge in [0.05, 0.1) is 6.10 Å². The van der Waals surface area contributed by atoms with Crippen molar-refractivity contribution in [1.29, 1.82) is 0 Å². The topological polar surface area (TPSA) is 26.3 Å². The first kappa shape index (κ1) is 21.7. The number of fused-ring (bicyclic) bond motifs is 1. The molecule has 4 heteroatoms. The number of carbonyl (C=O) groups is 1. The van der Waals surface area contributed by atoms with Gasteiger partial charge in [-0.15, -0.1) is 0 Å². The second kappa shape index (κ2) is 7.89. The lowest BCUT2D eigenvalue weighted by molar-refractivity contribution is -0.116. The van der Waals surface area contributed by atoms with Gasteiger partial charge in [-0.25, -0.2) is 0 Å². The molecule has 0 heterocycles. The number of rotatable bonds is 4. The van der Waals surface area contributed by atoms with Gasteiger partial charge >= 0.3 is 0 Å². The number of allylic oxidation sites excluding steroid dienone is 1. The molecular formula is C26H31BrO2Si. The Balaban J connectivity index is 1.88. The second-order valence-corrected chi connectivity index (χ2v) is 15.3. The van der Waals surface area contributed by atoms with Crippen LogP contribution in [0.4, 0.5) is 0 Å². The molecule has 30 heavy (non-hydrogen) atoms. The van der Waals surface area contributed by atoms with Crippen molar-refractivity contribution in [2.24, 2.45) is 5.41 Å². The SMILES string of the molecule is CC(C)(C)[Si](O[C@H]1C[C@@H](Br)C2=CC(=O)CC[C@@]21C)(c1ccccc1)c1ccccc1. The van der Waals surface area contributed by atoms with Crippen molar-refractivity contribution in [3.05, 3.63) is 72.3 Å². The zero-order valence-corrected chi connectivity index (χ0v) is 20.9. The van der Waals surface area contributed by atoms with Crippen LogP contribution in [0.25, 0.3) is 0 Å². The number of benzene rings is 2. The van der Waals surface area contributed by atoms with Gasteiger partial charge in [0.2, 0.25) is 0 Å². The molecule has 0 radical (unpaired) electrons. The molecule has 2 aliphatic rings. The monoisotopic (exact) mass is 482 g/mol. The largest absolute Gasteiger partial charge is 0.404 e. The number of hydrogen-bond acceptors (Lipinski definition) is 2. The highest BCUT2D eigenvalue weighted by Gasteiger charge is 2.57. The van der Waals surface area contributed by atoms with Crippen LogP contribution in [0.2, 0.25) is 5.04 Å². The molecule has 2 nitrogen and oxygen atoms in total. The fourth-order valence-electron chi connectivity index (χ4n) is 5.39. The molecule has 4 rings (SSSR count). The highest BCUT2D eigenvalue weighted by Crippen LogP contribution is 2.54. The predicted molar refractivity (Wildman–Crippen MR) is 130 cm³/mol. The third-order valence-electron chi connectivity index (χ3n) is 7.07. The van der Waals surface area contributed by atoms with Crippen molar-refractivity contribution in [2.45, 2.75) is 62.9 Å². The van der Waals surface area contributed by atoms with Gasteiger partial charge in [0, 0.05) is 16.7 Å². The average Bonchev–Trinajstić information content (AvgIpc) is 2.96. The fraction of sp³-hybridized carbons (Fsp3) is 0.423. The summed E-state index contributed by atoms with van der Waals surface area (Å²) in [6.07, 6.45) is 4.34. The van der Waals surface area contributed by atoms with Gasteiger partial charge in [-0.05, 0) is 39.9 Å². The molecular weight excluding hydrogens is 452 g/mol. The van der Waals surface area contributed by atoms with Crippen LogP contribution in [-0.4, -0.2) is 25.0 Å². The fourth-order valence-corrected chi connectivity index (χ4v) is 11.2. The average molecular weight is 484 g/mol. The Morgan fingerprint density at radius 2 is 1.53 bits per heavy atom. The van der Waals surface area contributed by atoms with E-state index in [1.807, 2.05) is 6.08 Å². The normalized spacial score (nSPS) is 27.0. The van der Waals surface area contributed by atoms with E-state index in [9.17, 15) is 4.79 Å². The van der Waals surface area contributed by atoms with E-state index in [2.05, 4.69) is 104 Å². The molecule has 2 aromatic carbocycles. The smallest absolute Gasteiger partial charge is 0.261 e. The van der Waals surface area contributed by atoms with Crippen LogP contribution >= 0.6 is 15.9 Å². The molecule has 0 aliphatic heterocycles. The van der Waals surface area contributed by atoms with E-state index < -0.39 is 8.32 Å². The van der Waals surface area contributed by atoms with E-state index in [0.29, 0.717) is 6.42 Å². The van der Waals surface area contributed by atoms with Gasteiger partial charge in [-0.1, -0.05) is 104 Å². The molecule has 2 aromatic rings. The molecule has 0 aromatic heterocycles. The predicted octanol–water partition coefficient (Wildman–Crippen LogP) is 5.39. The summed E-state index contributed by atoms with van der Waals surface area (Å²) in [4.78, 5) is 12.4. The minimum atomic E-state index is -2.62. The van der Waals surface area contributed by atoms with Gasteiger partial charge in [-0.2, -0.15) is 0 Å². The van der Waals surface area contributed by atoms with Crippen LogP contribution < -0.4 is 10.4 Å². The maximum Gasteiger partial charge on any atom is 0.261 e. The summed E-state index contributed by atoms with van der Waals surface area (Å²) in [5, 5.41) is 2.57. The summed E-state index contributed by atoms with van der Waals surface area (Å²) in [6.45, 7) is 9.27. The van der Waals surface area contributed by atoms with Crippen molar-refractivity contribution >= 4 is 40.4 Å². The molecule has 0 spiro atoms. The number of ketones is 1. The summed E-state index contributed by atoms with van der Waals surface area (Å²) in [5.74, 6) is 0.248. The van der Waals surface area contributed by atoms with Gasteiger partial charge in [0.1, 0.15) is 0 Å². The Hall–Kier alpha value is -1.49. The maximum atomic E-state index is 12.2. The molecule has 1 saturated carbocycles. The summed E-state index contributed by atoms with van der Waals surface area (Å²) in [5.41, 5.74) is 1.12. The van der Waals surface area contributed by atoms with Gasteiger partial charge < -0.3 is 4.43 Å². The van der Waals surface area contributed by atoms with E-state index in [0.717, 1.165) is 12.8 Å². The van der Waals surface area contributed by atoms with Crippen molar-refractivity contribution < 1.29 is 9.22 Å². The Morgan fingerprint density at radius 1 is 1.00 bits per heavy atom. The zero-order valence-electron chi connectivity index (χ0n) is 18.3. The lowest BCUT2D eigenvalue weighted by Crippen LogP contribution is -2.68. The Morgan fingerprint density at radius 3 is 2.03 bits per heavy atom. The minimum absolute atomic E-state index is 0.0508. The van der Waals surface area contributed by atoms with E-state index >= 15 is 0 Å². The molecule has 158 valence electrons. The third kappa shape index (κ3) is 3.47. The molecule has 1 fully saturated rings. The van der Waals surface area contributed by atoms with E-state index in [4.69, 9.17) is 4.43 Å². The molecule has 0 unspecified atom stereocenters. The minimum Gasteiger partial charge on any atom is -0.404 e. The summed E-state index contributed by atoms with van der Waals surface area (Å²) in [7, 11) is -2.62. The summed E-state index contributed by atoms with van der Waals surface area (Å²) < 4.78 is 7.47. The summed E-state index contributed by atoms with van der Waals surface area (Å²) >= 11 is 3.87. The first-order chi connectivity index (χ1) is 14.2.